The number of benzene rings is 2. The molecule has 0 bridgehead atoms. The maximum Gasteiger partial charge on any atom is 0.335 e. The molecular weight excluding hydrogens is 386 g/mol. The van der Waals surface area contributed by atoms with E-state index in [9.17, 15) is 15.0 Å². The highest BCUT2D eigenvalue weighted by Crippen LogP contribution is 2.31. The summed E-state index contributed by atoms with van der Waals surface area (Å²) in [5.74, 6) is -0.446. The van der Waals surface area contributed by atoms with Gasteiger partial charge in [0.2, 0.25) is 0 Å². The lowest BCUT2D eigenvalue weighted by Crippen LogP contribution is -2.43. The molecule has 2 aromatic carbocycles. The van der Waals surface area contributed by atoms with E-state index in [4.69, 9.17) is 9.15 Å². The van der Waals surface area contributed by atoms with Crippen LogP contribution >= 0.6 is 0 Å². The standard InChI is InChI=1S/C22H25N3O5/c1-2-29-20-11-14(3-6-18(20)26)13-25(16-7-9-23-10-8-16)22-24-17-5-4-15(21(27)28)12-19(17)30-22/h3-6,11-12,16,23,26H,2,7-10,13H2,1H3,(H,27,28). The number of anilines is 1. The number of phenolic OH excluding ortho intramolecular Hbond substituents is 1. The minimum atomic E-state index is -1.00. The summed E-state index contributed by atoms with van der Waals surface area (Å²) in [6, 6.07) is 10.7. The molecule has 0 amide bonds. The van der Waals surface area contributed by atoms with E-state index in [1.807, 2.05) is 19.1 Å². The Morgan fingerprint density at radius 2 is 2.07 bits per heavy atom. The number of nitrogens with one attached hydrogen (secondary N) is 1. The van der Waals surface area contributed by atoms with Gasteiger partial charge < -0.3 is 29.6 Å². The third kappa shape index (κ3) is 4.18. The molecule has 3 aromatic rings. The van der Waals surface area contributed by atoms with Crippen molar-refractivity contribution in [2.75, 3.05) is 24.6 Å². The van der Waals surface area contributed by atoms with Crippen molar-refractivity contribution in [3.8, 4) is 11.5 Å². The minimum absolute atomic E-state index is 0.108. The van der Waals surface area contributed by atoms with Crippen molar-refractivity contribution in [1.82, 2.24) is 10.3 Å². The number of nitrogens with zero attached hydrogens (tertiary/aromatic N) is 2. The van der Waals surface area contributed by atoms with E-state index in [2.05, 4.69) is 15.2 Å². The van der Waals surface area contributed by atoms with E-state index in [1.165, 1.54) is 12.1 Å². The zero-order valence-corrected chi connectivity index (χ0v) is 16.8. The molecule has 0 spiro atoms. The summed E-state index contributed by atoms with van der Waals surface area (Å²) in [6.45, 7) is 4.68. The molecule has 0 saturated carbocycles. The van der Waals surface area contributed by atoms with Crippen LogP contribution in [0.4, 0.5) is 6.01 Å². The van der Waals surface area contributed by atoms with Crippen LogP contribution in [0.25, 0.3) is 11.1 Å². The van der Waals surface area contributed by atoms with Crippen molar-refractivity contribution in [2.24, 2.45) is 0 Å². The number of rotatable bonds is 7. The molecule has 8 nitrogen and oxygen atoms in total. The number of aromatic hydroxyl groups is 1. The van der Waals surface area contributed by atoms with Crippen LogP contribution in [0.15, 0.2) is 40.8 Å². The van der Waals surface area contributed by atoms with Crippen LogP contribution in [-0.2, 0) is 6.54 Å². The number of fused-ring (bicyclic) bond motifs is 1. The number of aromatic carboxylic acids is 1. The number of piperidine rings is 1. The van der Waals surface area contributed by atoms with Crippen molar-refractivity contribution < 1.29 is 24.2 Å². The summed E-state index contributed by atoms with van der Waals surface area (Å²) in [4.78, 5) is 18.0. The Morgan fingerprint density at radius 1 is 1.27 bits per heavy atom. The van der Waals surface area contributed by atoms with Gasteiger partial charge in [0.15, 0.2) is 17.1 Å². The molecule has 4 rings (SSSR count). The lowest BCUT2D eigenvalue weighted by atomic mass is 10.0. The Balaban J connectivity index is 1.69. The average Bonchev–Trinajstić information content (AvgIpc) is 3.18. The molecular formula is C22H25N3O5. The molecule has 30 heavy (non-hydrogen) atoms. The molecule has 1 aliphatic rings. The molecule has 1 aromatic heterocycles. The van der Waals surface area contributed by atoms with E-state index in [-0.39, 0.29) is 17.4 Å². The van der Waals surface area contributed by atoms with Crippen molar-refractivity contribution in [2.45, 2.75) is 32.4 Å². The summed E-state index contributed by atoms with van der Waals surface area (Å²) >= 11 is 0. The number of hydrogen-bond acceptors (Lipinski definition) is 7. The van der Waals surface area contributed by atoms with Crippen LogP contribution in [0, 0.1) is 0 Å². The molecule has 8 heteroatoms. The largest absolute Gasteiger partial charge is 0.504 e. The number of aromatic nitrogens is 1. The first-order chi connectivity index (χ1) is 14.5. The van der Waals surface area contributed by atoms with Crippen molar-refractivity contribution in [1.29, 1.82) is 0 Å². The van der Waals surface area contributed by atoms with Crippen molar-refractivity contribution in [3.63, 3.8) is 0 Å². The van der Waals surface area contributed by atoms with Gasteiger partial charge in [0.05, 0.1) is 12.2 Å². The fourth-order valence-electron chi connectivity index (χ4n) is 3.76. The average molecular weight is 411 g/mol. The number of ether oxygens (including phenoxy) is 1. The van der Waals surface area contributed by atoms with Gasteiger partial charge in [-0.25, -0.2) is 4.79 Å². The van der Waals surface area contributed by atoms with E-state index >= 15 is 0 Å². The van der Waals surface area contributed by atoms with Gasteiger partial charge in [0.1, 0.15) is 5.52 Å². The second-order valence-corrected chi connectivity index (χ2v) is 7.33. The van der Waals surface area contributed by atoms with Crippen LogP contribution in [0.3, 0.4) is 0 Å². The normalized spacial score (nSPS) is 14.7. The van der Waals surface area contributed by atoms with Crippen LogP contribution < -0.4 is 15.0 Å². The topological polar surface area (TPSA) is 108 Å². The van der Waals surface area contributed by atoms with E-state index < -0.39 is 5.97 Å². The molecule has 0 radical (unpaired) electrons. The zero-order chi connectivity index (χ0) is 21.1. The first-order valence-electron chi connectivity index (χ1n) is 10.1. The van der Waals surface area contributed by atoms with Gasteiger partial charge in [-0.1, -0.05) is 6.07 Å². The summed E-state index contributed by atoms with van der Waals surface area (Å²) < 4.78 is 11.5. The van der Waals surface area contributed by atoms with Gasteiger partial charge in [0, 0.05) is 12.6 Å². The summed E-state index contributed by atoms with van der Waals surface area (Å²) in [7, 11) is 0. The SMILES string of the molecule is CCOc1cc(CN(c2nc3ccc(C(=O)O)cc3o2)C2CCNCC2)ccc1O. The van der Waals surface area contributed by atoms with Crippen LogP contribution in [0.1, 0.15) is 35.7 Å². The number of carbonyl (C=O) groups is 1. The second-order valence-electron chi connectivity index (χ2n) is 7.33. The molecule has 1 aliphatic heterocycles. The van der Waals surface area contributed by atoms with Crippen molar-refractivity contribution >= 4 is 23.1 Å². The minimum Gasteiger partial charge on any atom is -0.504 e. The summed E-state index contributed by atoms with van der Waals surface area (Å²) in [5.41, 5.74) is 2.20. The third-order valence-electron chi connectivity index (χ3n) is 5.30. The quantitative estimate of drug-likeness (QED) is 0.543. The second kappa shape index (κ2) is 8.62. The van der Waals surface area contributed by atoms with E-state index in [1.54, 1.807) is 12.1 Å². The molecule has 0 unspecified atom stereocenters. The molecule has 158 valence electrons. The lowest BCUT2D eigenvalue weighted by molar-refractivity contribution is 0.0697. The summed E-state index contributed by atoms with van der Waals surface area (Å²) in [6.07, 6.45) is 1.88. The molecule has 1 fully saturated rings. The smallest absolute Gasteiger partial charge is 0.335 e. The van der Waals surface area contributed by atoms with E-state index in [0.717, 1.165) is 31.5 Å². The number of oxazole rings is 1. The van der Waals surface area contributed by atoms with Crippen LogP contribution in [0.5, 0.6) is 11.5 Å². The van der Waals surface area contributed by atoms with Crippen molar-refractivity contribution in [3.05, 3.63) is 47.5 Å². The molecule has 2 heterocycles. The predicted octanol–water partition coefficient (Wildman–Crippen LogP) is 3.39. The van der Waals surface area contributed by atoms with Gasteiger partial charge in [-0.2, -0.15) is 4.98 Å². The highest BCUT2D eigenvalue weighted by Gasteiger charge is 2.26. The Kier molecular flexibility index (Phi) is 5.76. The first kappa shape index (κ1) is 20.0. The molecule has 0 aliphatic carbocycles. The molecule has 1 saturated heterocycles. The Morgan fingerprint density at radius 3 is 2.80 bits per heavy atom. The van der Waals surface area contributed by atoms with Crippen LogP contribution in [-0.4, -0.2) is 46.9 Å². The monoisotopic (exact) mass is 411 g/mol. The highest BCUT2D eigenvalue weighted by atomic mass is 16.5. The third-order valence-corrected chi connectivity index (χ3v) is 5.30. The van der Waals surface area contributed by atoms with Gasteiger partial charge in [0.25, 0.3) is 6.01 Å². The maximum atomic E-state index is 11.3. The van der Waals surface area contributed by atoms with Crippen LogP contribution in [0.2, 0.25) is 0 Å². The van der Waals surface area contributed by atoms with Gasteiger partial charge in [-0.3, -0.25) is 0 Å². The first-order valence-corrected chi connectivity index (χ1v) is 10.1. The predicted molar refractivity (Wildman–Crippen MR) is 112 cm³/mol. The molecule has 3 N–H and O–H groups in total. The zero-order valence-electron chi connectivity index (χ0n) is 16.8. The summed E-state index contributed by atoms with van der Waals surface area (Å²) in [5, 5.41) is 22.6. The number of hydrogen-bond donors (Lipinski definition) is 3. The fourth-order valence-corrected chi connectivity index (χ4v) is 3.76. The van der Waals surface area contributed by atoms with Gasteiger partial charge >= 0.3 is 5.97 Å². The Labute approximate surface area is 174 Å². The number of phenols is 1. The van der Waals surface area contributed by atoms with Gasteiger partial charge in [-0.15, -0.1) is 0 Å². The fraction of sp³-hybridized carbons (Fsp3) is 0.364. The maximum absolute atomic E-state index is 11.3. The number of carboxylic acids is 1. The molecule has 0 atom stereocenters. The van der Waals surface area contributed by atoms with Gasteiger partial charge in [-0.05, 0) is 68.8 Å². The Hall–Kier alpha value is -3.26. The lowest BCUT2D eigenvalue weighted by Gasteiger charge is -2.33. The number of carboxylic acid groups (broad SMARTS) is 1. The van der Waals surface area contributed by atoms with E-state index in [0.29, 0.717) is 36.0 Å². The Bertz CT molecular complexity index is 1040. The highest BCUT2D eigenvalue weighted by molar-refractivity contribution is 5.92.